The van der Waals surface area contributed by atoms with E-state index >= 15 is 0 Å². The highest BCUT2D eigenvalue weighted by atomic mass is 16.5. The number of carbonyl (C=O) groups is 4. The third-order valence-corrected chi connectivity index (χ3v) is 8.05. The van der Waals surface area contributed by atoms with Gasteiger partial charge >= 0.3 is 0 Å². The fraction of sp³-hybridized carbons (Fsp3) is 0.500. The molecule has 2 aromatic rings. The average molecular weight is 507 g/mol. The molecule has 1 aromatic heterocycles. The summed E-state index contributed by atoms with van der Waals surface area (Å²) < 4.78 is 5.43. The number of likely N-dealkylation sites (tertiary alicyclic amines) is 1. The highest BCUT2D eigenvalue weighted by Gasteiger charge is 2.48. The van der Waals surface area contributed by atoms with Gasteiger partial charge in [0.05, 0.1) is 13.2 Å². The molecule has 3 aliphatic rings. The van der Waals surface area contributed by atoms with Crippen LogP contribution in [0.1, 0.15) is 49.5 Å². The maximum absolute atomic E-state index is 13.7. The molecule has 3 heterocycles. The van der Waals surface area contributed by atoms with E-state index in [9.17, 15) is 19.2 Å². The molecule has 0 radical (unpaired) electrons. The van der Waals surface area contributed by atoms with Gasteiger partial charge in [0.15, 0.2) is 5.78 Å². The van der Waals surface area contributed by atoms with Crippen molar-refractivity contribution in [2.75, 3.05) is 20.2 Å². The summed E-state index contributed by atoms with van der Waals surface area (Å²) in [6, 6.07) is 5.85. The summed E-state index contributed by atoms with van der Waals surface area (Å²) in [5.74, 6) is -0.382. The smallest absolute Gasteiger partial charge is 0.271 e. The molecule has 9 nitrogen and oxygen atoms in total. The molecule has 3 N–H and O–H groups in total. The number of fused-ring (bicyclic) bond motifs is 2. The molecule has 2 aliphatic heterocycles. The van der Waals surface area contributed by atoms with Gasteiger partial charge in [-0.05, 0) is 49.8 Å². The lowest BCUT2D eigenvalue weighted by Gasteiger charge is -2.30. The van der Waals surface area contributed by atoms with Gasteiger partial charge in [0.25, 0.3) is 5.91 Å². The second-order valence-corrected chi connectivity index (χ2v) is 10.3. The quantitative estimate of drug-likeness (QED) is 0.476. The molecule has 5 atom stereocenters. The van der Waals surface area contributed by atoms with Crippen molar-refractivity contribution in [3.05, 3.63) is 42.1 Å². The van der Waals surface area contributed by atoms with Crippen molar-refractivity contribution in [3.63, 3.8) is 0 Å². The molecule has 196 valence electrons. The molecule has 3 amide bonds. The van der Waals surface area contributed by atoms with Crippen molar-refractivity contribution in [2.24, 2.45) is 17.8 Å². The van der Waals surface area contributed by atoms with Crippen LogP contribution in [0, 0.1) is 17.8 Å². The van der Waals surface area contributed by atoms with Crippen molar-refractivity contribution in [2.45, 2.75) is 51.1 Å². The monoisotopic (exact) mass is 506 g/mol. The Morgan fingerprint density at radius 2 is 2.11 bits per heavy atom. The van der Waals surface area contributed by atoms with Gasteiger partial charge in [0.2, 0.25) is 11.8 Å². The van der Waals surface area contributed by atoms with Crippen LogP contribution in [0.3, 0.4) is 0 Å². The van der Waals surface area contributed by atoms with Gasteiger partial charge in [0.1, 0.15) is 17.5 Å². The molecule has 1 aliphatic carbocycles. The summed E-state index contributed by atoms with van der Waals surface area (Å²) in [7, 11) is 1.59. The predicted molar refractivity (Wildman–Crippen MR) is 138 cm³/mol. The number of ketones is 1. The number of nitrogens with zero attached hydrogens (tertiary/aromatic N) is 1. The van der Waals surface area contributed by atoms with Crippen LogP contribution >= 0.6 is 0 Å². The number of amides is 3. The van der Waals surface area contributed by atoms with E-state index in [2.05, 4.69) is 21.7 Å². The molecule has 2 fully saturated rings. The van der Waals surface area contributed by atoms with Crippen LogP contribution in [0.25, 0.3) is 10.9 Å². The Kier molecular flexibility index (Phi) is 7.04. The SMILES string of the molecule is CCC(=O)C(CC1CCCNC1=O)NC(=O)C1C2C=CCC2CN1C(=O)c1cc2c(OC)cccc2[nH]1. The number of ether oxygens (including phenoxy) is 1. The van der Waals surface area contributed by atoms with Crippen LogP contribution in [0.15, 0.2) is 36.4 Å². The number of nitrogens with one attached hydrogen (secondary N) is 3. The van der Waals surface area contributed by atoms with Crippen LogP contribution in [0.4, 0.5) is 0 Å². The van der Waals surface area contributed by atoms with E-state index in [1.54, 1.807) is 25.0 Å². The van der Waals surface area contributed by atoms with Crippen molar-refractivity contribution < 1.29 is 23.9 Å². The summed E-state index contributed by atoms with van der Waals surface area (Å²) in [6.45, 7) is 2.86. The zero-order chi connectivity index (χ0) is 26.1. The first-order valence-electron chi connectivity index (χ1n) is 13.2. The number of aromatic nitrogens is 1. The number of hydrogen-bond donors (Lipinski definition) is 3. The first-order chi connectivity index (χ1) is 17.9. The van der Waals surface area contributed by atoms with Crippen LogP contribution in [0.5, 0.6) is 5.75 Å². The van der Waals surface area contributed by atoms with Crippen molar-refractivity contribution >= 4 is 34.4 Å². The average Bonchev–Trinajstić information content (AvgIpc) is 3.62. The molecule has 9 heteroatoms. The lowest BCUT2D eigenvalue weighted by Crippen LogP contribution is -2.53. The number of carbonyl (C=O) groups excluding carboxylic acids is 4. The molecule has 5 rings (SSSR count). The minimum absolute atomic E-state index is 0.0693. The number of allylic oxidation sites excluding steroid dienone is 1. The highest BCUT2D eigenvalue weighted by molar-refractivity contribution is 6.02. The summed E-state index contributed by atoms with van der Waals surface area (Å²) in [6.07, 6.45) is 6.96. The Morgan fingerprint density at radius 1 is 1.27 bits per heavy atom. The Morgan fingerprint density at radius 3 is 2.86 bits per heavy atom. The van der Waals surface area contributed by atoms with Gasteiger partial charge in [-0.1, -0.05) is 25.1 Å². The van der Waals surface area contributed by atoms with Gasteiger partial charge in [-0.2, -0.15) is 0 Å². The standard InChI is InChI=1S/C28H34N4O5/c1-3-23(33)21(13-16-8-6-12-29-26(16)34)31-27(35)25-18-9-4-7-17(18)15-32(25)28(36)22-14-19-20(30-22)10-5-11-24(19)37-2/h4-5,9-11,14,16-18,21,25,30H,3,6-8,12-13,15H2,1-2H3,(H,29,34)(H,31,35). The Bertz CT molecular complexity index is 1250. The third kappa shape index (κ3) is 4.74. The Labute approximate surface area is 216 Å². The van der Waals surface area contributed by atoms with Crippen LogP contribution in [-0.2, 0) is 14.4 Å². The molecule has 0 saturated carbocycles. The maximum Gasteiger partial charge on any atom is 0.271 e. The topological polar surface area (TPSA) is 121 Å². The highest BCUT2D eigenvalue weighted by Crippen LogP contribution is 2.39. The normalized spacial score (nSPS) is 25.6. The fourth-order valence-corrected chi connectivity index (χ4v) is 6.08. The molecule has 0 bridgehead atoms. The minimum atomic E-state index is -0.759. The number of hydrogen-bond acceptors (Lipinski definition) is 5. The largest absolute Gasteiger partial charge is 0.496 e. The lowest BCUT2D eigenvalue weighted by molar-refractivity contribution is -0.132. The molecule has 37 heavy (non-hydrogen) atoms. The summed E-state index contributed by atoms with van der Waals surface area (Å²) in [5, 5.41) is 6.60. The van der Waals surface area contributed by atoms with Gasteiger partial charge in [-0.3, -0.25) is 19.2 Å². The van der Waals surface area contributed by atoms with Crippen molar-refractivity contribution in [1.29, 1.82) is 0 Å². The third-order valence-electron chi connectivity index (χ3n) is 8.05. The summed E-state index contributed by atoms with van der Waals surface area (Å²) in [4.78, 5) is 57.4. The van der Waals surface area contributed by atoms with E-state index in [0.29, 0.717) is 31.0 Å². The molecule has 0 spiro atoms. The van der Waals surface area contributed by atoms with Crippen LogP contribution in [-0.4, -0.2) is 65.7 Å². The number of rotatable bonds is 8. The lowest BCUT2D eigenvalue weighted by atomic mass is 9.88. The summed E-state index contributed by atoms with van der Waals surface area (Å²) >= 11 is 0. The number of Topliss-reactive ketones (excluding diaryl/α,β-unsaturated/α-hetero) is 1. The van der Waals surface area contributed by atoms with Crippen LogP contribution < -0.4 is 15.4 Å². The second-order valence-electron chi connectivity index (χ2n) is 10.3. The molecular weight excluding hydrogens is 472 g/mol. The zero-order valence-corrected chi connectivity index (χ0v) is 21.3. The van der Waals surface area contributed by atoms with E-state index < -0.39 is 12.1 Å². The van der Waals surface area contributed by atoms with Crippen molar-refractivity contribution in [3.8, 4) is 5.75 Å². The number of methoxy groups -OCH3 is 1. The zero-order valence-electron chi connectivity index (χ0n) is 21.3. The van der Waals surface area contributed by atoms with E-state index in [0.717, 1.165) is 23.7 Å². The van der Waals surface area contributed by atoms with E-state index in [-0.39, 0.29) is 54.1 Å². The van der Waals surface area contributed by atoms with E-state index in [4.69, 9.17) is 4.74 Å². The van der Waals surface area contributed by atoms with Gasteiger partial charge in [0, 0.05) is 42.2 Å². The van der Waals surface area contributed by atoms with Gasteiger partial charge in [-0.15, -0.1) is 0 Å². The molecule has 2 saturated heterocycles. The van der Waals surface area contributed by atoms with Crippen LogP contribution in [0.2, 0.25) is 0 Å². The maximum atomic E-state index is 13.7. The number of aromatic amines is 1. The summed E-state index contributed by atoms with van der Waals surface area (Å²) in [5.41, 5.74) is 1.17. The molecular formula is C28H34N4O5. The molecule has 1 aromatic carbocycles. The number of benzene rings is 1. The van der Waals surface area contributed by atoms with Crippen molar-refractivity contribution in [1.82, 2.24) is 20.5 Å². The first-order valence-corrected chi connectivity index (χ1v) is 13.2. The second kappa shape index (κ2) is 10.4. The van der Waals surface area contributed by atoms with E-state index in [1.165, 1.54) is 0 Å². The number of piperidine rings is 1. The molecule has 5 unspecified atom stereocenters. The van der Waals surface area contributed by atoms with Gasteiger partial charge < -0.3 is 25.3 Å². The Balaban J connectivity index is 1.39. The van der Waals surface area contributed by atoms with Gasteiger partial charge in [-0.25, -0.2) is 0 Å². The predicted octanol–water partition coefficient (Wildman–Crippen LogP) is 2.57. The Hall–Kier alpha value is -3.62. The van der Waals surface area contributed by atoms with E-state index in [1.807, 2.05) is 24.3 Å². The number of H-pyrrole nitrogens is 1. The first kappa shape index (κ1) is 25.0. The minimum Gasteiger partial charge on any atom is -0.496 e. The fourth-order valence-electron chi connectivity index (χ4n) is 6.08.